The number of carboxylic acid groups (broad SMARTS) is 2. The molecule has 10 heteroatoms. The van der Waals surface area contributed by atoms with E-state index < -0.39 is 44.6 Å². The number of aliphatic carboxylic acids is 1. The minimum Gasteiger partial charge on any atom is -0.548 e. The first-order valence-electron chi connectivity index (χ1n) is 5.48. The van der Waals surface area contributed by atoms with Crippen molar-refractivity contribution in [3.05, 3.63) is 28.8 Å². The fraction of sp³-hybridized carbons (Fsp3) is 0.273. The highest BCUT2D eigenvalue weighted by molar-refractivity contribution is 7.89. The highest BCUT2D eigenvalue weighted by Crippen LogP contribution is 2.22. The summed E-state index contributed by atoms with van der Waals surface area (Å²) in [7, 11) is -4.49. The number of hydrogen-bond acceptors (Lipinski definition) is 7. The van der Waals surface area contributed by atoms with Gasteiger partial charge in [-0.05, 0) is 24.6 Å². The van der Waals surface area contributed by atoms with Gasteiger partial charge in [-0.2, -0.15) is 4.72 Å². The molecule has 0 fully saturated rings. The maximum atomic E-state index is 12.0. The maximum absolute atomic E-state index is 12.0. The van der Waals surface area contributed by atoms with Crippen molar-refractivity contribution in [3.8, 4) is 0 Å². The van der Waals surface area contributed by atoms with E-state index in [0.717, 1.165) is 19.1 Å². The summed E-state index contributed by atoms with van der Waals surface area (Å²) in [6.45, 7) is 1.04. The molecule has 0 aliphatic heterocycles. The fourth-order valence-electron chi connectivity index (χ4n) is 1.41. The highest BCUT2D eigenvalue weighted by Gasteiger charge is 2.26. The molecule has 1 rings (SSSR count). The number of carbonyl (C=O) groups excluding carboxylic acids is 2. The van der Waals surface area contributed by atoms with Crippen molar-refractivity contribution in [2.75, 3.05) is 0 Å². The van der Waals surface area contributed by atoms with Gasteiger partial charge in [0.15, 0.2) is 0 Å². The summed E-state index contributed by atoms with van der Waals surface area (Å²) in [5.41, 5.74) is -0.457. The number of benzene rings is 1. The molecule has 116 valence electrons. The molecule has 0 heterocycles. The molecule has 2 atom stereocenters. The van der Waals surface area contributed by atoms with Crippen LogP contribution in [0.3, 0.4) is 0 Å². The molecule has 0 spiro atoms. The van der Waals surface area contributed by atoms with Crippen LogP contribution in [0.25, 0.3) is 0 Å². The Morgan fingerprint density at radius 3 is 2.33 bits per heavy atom. The Kier molecular flexibility index (Phi) is 5.29. The third-order valence-corrected chi connectivity index (χ3v) is 4.40. The molecule has 0 radical (unpaired) electrons. The number of aliphatic hydroxyl groups is 1. The lowest BCUT2D eigenvalue weighted by Crippen LogP contribution is -2.53. The molecular weight excluding hydrogens is 326 g/mol. The lowest BCUT2D eigenvalue weighted by Gasteiger charge is -2.22. The second-order valence-electron chi connectivity index (χ2n) is 4.09. The van der Waals surface area contributed by atoms with Crippen molar-refractivity contribution in [3.63, 3.8) is 0 Å². The number of aliphatic hydroxyl groups excluding tert-OH is 1. The van der Waals surface area contributed by atoms with Crippen LogP contribution in [0.4, 0.5) is 0 Å². The molecular formula is C11H10ClNO7S-2. The molecule has 0 bridgehead atoms. The number of sulfonamides is 1. The second kappa shape index (κ2) is 6.39. The van der Waals surface area contributed by atoms with Gasteiger partial charge in [0.1, 0.15) is 4.90 Å². The molecule has 21 heavy (non-hydrogen) atoms. The standard InChI is InChI=1S/C11H12ClNO7S/c1-5(14)9(11(17)18)13-21(19,20)8-4-6(10(15)16)2-3-7(8)12/h2-5,9,13-14H,1H3,(H,15,16)(H,17,18)/p-2/t5-,9-/m0/s1. The third kappa shape index (κ3) is 4.14. The Labute approximate surface area is 125 Å². The number of aromatic carboxylic acids is 1. The zero-order valence-corrected chi connectivity index (χ0v) is 12.1. The van der Waals surface area contributed by atoms with Crippen LogP contribution in [0.1, 0.15) is 17.3 Å². The summed E-state index contributed by atoms with van der Waals surface area (Å²) >= 11 is 5.67. The first-order valence-corrected chi connectivity index (χ1v) is 7.34. The molecule has 1 aromatic rings. The van der Waals surface area contributed by atoms with E-state index in [4.69, 9.17) is 11.6 Å². The molecule has 8 nitrogen and oxygen atoms in total. The van der Waals surface area contributed by atoms with Crippen molar-refractivity contribution in [2.45, 2.75) is 24.0 Å². The number of nitrogens with one attached hydrogen (secondary N) is 1. The maximum Gasteiger partial charge on any atom is 0.242 e. The minimum atomic E-state index is -4.49. The van der Waals surface area contributed by atoms with E-state index in [1.165, 1.54) is 0 Å². The summed E-state index contributed by atoms with van der Waals surface area (Å²) in [6, 6.07) is 0.839. The smallest absolute Gasteiger partial charge is 0.242 e. The predicted octanol–water partition coefficient (Wildman–Crippen LogP) is -2.52. The quantitative estimate of drug-likeness (QED) is 0.583. The van der Waals surface area contributed by atoms with Crippen molar-refractivity contribution in [1.82, 2.24) is 4.72 Å². The Balaban J connectivity index is 3.27. The number of hydrogen-bond donors (Lipinski definition) is 2. The Bertz CT molecular complexity index is 671. The largest absolute Gasteiger partial charge is 0.548 e. The van der Waals surface area contributed by atoms with Crippen molar-refractivity contribution in [2.24, 2.45) is 0 Å². The van der Waals surface area contributed by atoms with E-state index in [1.807, 2.05) is 0 Å². The summed E-state index contributed by atoms with van der Waals surface area (Å²) in [6.07, 6.45) is -1.58. The van der Waals surface area contributed by atoms with Gasteiger partial charge in [0.25, 0.3) is 0 Å². The average molecular weight is 336 g/mol. The normalized spacial score (nSPS) is 14.4. The van der Waals surface area contributed by atoms with Crippen LogP contribution in [0.2, 0.25) is 5.02 Å². The van der Waals surface area contributed by atoms with Gasteiger partial charge >= 0.3 is 0 Å². The lowest BCUT2D eigenvalue weighted by molar-refractivity contribution is -0.309. The lowest BCUT2D eigenvalue weighted by atomic mass is 10.2. The van der Waals surface area contributed by atoms with Crippen molar-refractivity contribution >= 4 is 33.6 Å². The van der Waals surface area contributed by atoms with E-state index >= 15 is 0 Å². The van der Waals surface area contributed by atoms with Crippen LogP contribution in [-0.2, 0) is 14.8 Å². The monoisotopic (exact) mass is 335 g/mol. The Morgan fingerprint density at radius 1 is 1.33 bits per heavy atom. The molecule has 0 saturated heterocycles. The van der Waals surface area contributed by atoms with Crippen molar-refractivity contribution in [1.29, 1.82) is 0 Å². The van der Waals surface area contributed by atoms with E-state index in [1.54, 1.807) is 4.72 Å². The summed E-state index contributed by atoms with van der Waals surface area (Å²) in [4.78, 5) is 20.8. The second-order valence-corrected chi connectivity index (χ2v) is 6.18. The summed E-state index contributed by atoms with van der Waals surface area (Å²) in [5, 5.41) is 30.4. The minimum absolute atomic E-state index is 0.324. The fourth-order valence-corrected chi connectivity index (χ4v) is 3.19. The topological polar surface area (TPSA) is 147 Å². The van der Waals surface area contributed by atoms with E-state index in [2.05, 4.69) is 0 Å². The molecule has 0 aliphatic carbocycles. The average Bonchev–Trinajstić information content (AvgIpc) is 2.35. The third-order valence-electron chi connectivity index (χ3n) is 2.47. The number of carbonyl (C=O) groups is 2. The SMILES string of the molecule is C[C@H](O)[C@H](NS(=O)(=O)c1cc(C(=O)[O-])ccc1Cl)C(=O)[O-]. The first kappa shape index (κ1) is 17.4. The summed E-state index contributed by atoms with van der Waals surface area (Å²) < 4.78 is 25.7. The molecule has 1 aromatic carbocycles. The Morgan fingerprint density at radius 2 is 1.90 bits per heavy atom. The molecule has 0 unspecified atom stereocenters. The number of rotatable bonds is 6. The van der Waals surface area contributed by atoms with Crippen LogP contribution in [0.15, 0.2) is 23.1 Å². The van der Waals surface area contributed by atoms with Gasteiger partial charge in [-0.25, -0.2) is 8.42 Å². The number of halogens is 1. The van der Waals surface area contributed by atoms with Crippen LogP contribution < -0.4 is 14.9 Å². The molecule has 0 aliphatic rings. The first-order chi connectivity index (χ1) is 9.56. The number of carboxylic acids is 2. The van der Waals surface area contributed by atoms with Crippen LogP contribution in [-0.4, -0.2) is 37.6 Å². The molecule has 0 saturated carbocycles. The van der Waals surface area contributed by atoms with Gasteiger partial charge in [-0.3, -0.25) is 0 Å². The van der Waals surface area contributed by atoms with Gasteiger partial charge in [-0.1, -0.05) is 17.7 Å². The Hall–Kier alpha value is -1.68. The zero-order chi connectivity index (χ0) is 16.4. The predicted molar refractivity (Wildman–Crippen MR) is 66.6 cm³/mol. The van der Waals surface area contributed by atoms with E-state index in [-0.39, 0.29) is 5.02 Å². The van der Waals surface area contributed by atoms with Gasteiger partial charge in [-0.15, -0.1) is 0 Å². The van der Waals surface area contributed by atoms with E-state index in [0.29, 0.717) is 6.07 Å². The van der Waals surface area contributed by atoms with Crippen LogP contribution >= 0.6 is 11.6 Å². The van der Waals surface area contributed by atoms with Gasteiger partial charge < -0.3 is 24.9 Å². The van der Waals surface area contributed by atoms with Crippen molar-refractivity contribution < 1.29 is 33.3 Å². The van der Waals surface area contributed by atoms with Gasteiger partial charge in [0, 0.05) is 0 Å². The molecule has 0 amide bonds. The van der Waals surface area contributed by atoms with Crippen LogP contribution in [0.5, 0.6) is 0 Å². The molecule has 2 N–H and O–H groups in total. The van der Waals surface area contributed by atoms with Gasteiger partial charge in [0.2, 0.25) is 10.0 Å². The summed E-state index contributed by atoms with van der Waals surface area (Å²) in [5.74, 6) is -3.48. The highest BCUT2D eigenvalue weighted by atomic mass is 35.5. The molecule has 0 aromatic heterocycles. The van der Waals surface area contributed by atoms with Gasteiger partial charge in [0.05, 0.1) is 29.1 Å². The van der Waals surface area contributed by atoms with E-state index in [9.17, 15) is 33.3 Å². The zero-order valence-electron chi connectivity index (χ0n) is 10.6. The van der Waals surface area contributed by atoms with Crippen LogP contribution in [0, 0.1) is 0 Å².